The summed E-state index contributed by atoms with van der Waals surface area (Å²) >= 11 is 0. The average molecular weight is 360 g/mol. The number of carbonyl (C=O) groups excluding carboxylic acids is 2. The number of imide groups is 1. The van der Waals surface area contributed by atoms with Crippen molar-refractivity contribution in [2.24, 2.45) is 0 Å². The van der Waals surface area contributed by atoms with Gasteiger partial charge in [0.1, 0.15) is 5.60 Å². The fourth-order valence-corrected chi connectivity index (χ4v) is 4.02. The Morgan fingerprint density at radius 1 is 1.23 bits per heavy atom. The van der Waals surface area contributed by atoms with Gasteiger partial charge in [0, 0.05) is 19.9 Å². The van der Waals surface area contributed by atoms with Crippen molar-refractivity contribution in [1.29, 1.82) is 0 Å². The summed E-state index contributed by atoms with van der Waals surface area (Å²) in [7, 11) is 1.84. The number of ether oxygens (including phenoxy) is 1. The molecule has 3 rings (SSSR count). The van der Waals surface area contributed by atoms with E-state index in [1.54, 1.807) is 25.8 Å². The molecule has 1 aromatic carbocycles. The lowest BCUT2D eigenvalue weighted by Gasteiger charge is -2.31. The van der Waals surface area contributed by atoms with Crippen LogP contribution in [0, 0.1) is 0 Å². The highest BCUT2D eigenvalue weighted by Crippen LogP contribution is 2.50. The van der Waals surface area contributed by atoms with Crippen molar-refractivity contribution in [2.45, 2.75) is 70.2 Å². The molecular weight excluding hydrogens is 332 g/mol. The van der Waals surface area contributed by atoms with Crippen molar-refractivity contribution < 1.29 is 19.2 Å². The molecule has 0 radical (unpaired) electrons. The molecule has 2 aliphatic rings. The van der Waals surface area contributed by atoms with Gasteiger partial charge in [-0.05, 0) is 40.2 Å². The molecule has 0 saturated carbocycles. The summed E-state index contributed by atoms with van der Waals surface area (Å²) < 4.78 is 5.47. The molecule has 2 atom stereocenters. The number of hydrogen-bond donors (Lipinski definition) is 0. The minimum absolute atomic E-state index is 0.0328. The Kier molecular flexibility index (Phi) is 4.40. The fourth-order valence-electron chi connectivity index (χ4n) is 4.02. The van der Waals surface area contributed by atoms with Crippen LogP contribution in [0.25, 0.3) is 0 Å². The normalized spacial score (nSPS) is 28.8. The fraction of sp³-hybridized carbons (Fsp3) is 0.600. The molecule has 2 saturated heterocycles. The summed E-state index contributed by atoms with van der Waals surface area (Å²) in [6.07, 6.45) is 0.333. The average Bonchev–Trinajstić information content (AvgIpc) is 2.92. The second-order valence-electron chi connectivity index (χ2n) is 8.87. The molecule has 26 heavy (non-hydrogen) atoms. The van der Waals surface area contributed by atoms with Gasteiger partial charge in [-0.3, -0.25) is 9.63 Å². The zero-order valence-electron chi connectivity index (χ0n) is 16.4. The van der Waals surface area contributed by atoms with Crippen molar-refractivity contribution in [3.05, 3.63) is 35.9 Å². The topological polar surface area (TPSA) is 59.1 Å². The molecule has 6 heteroatoms. The molecule has 0 aliphatic carbocycles. The van der Waals surface area contributed by atoms with Gasteiger partial charge in [-0.15, -0.1) is 0 Å². The second-order valence-corrected chi connectivity index (χ2v) is 8.87. The van der Waals surface area contributed by atoms with E-state index in [1.807, 2.05) is 51.2 Å². The first-order valence-corrected chi connectivity index (χ1v) is 9.00. The summed E-state index contributed by atoms with van der Waals surface area (Å²) in [5, 5.41) is 1.74. The Labute approximate surface area is 155 Å². The van der Waals surface area contributed by atoms with Crippen LogP contribution in [-0.4, -0.2) is 45.8 Å². The Balaban J connectivity index is 1.88. The summed E-state index contributed by atoms with van der Waals surface area (Å²) in [6.45, 7) is 9.13. The Morgan fingerprint density at radius 2 is 1.85 bits per heavy atom. The summed E-state index contributed by atoms with van der Waals surface area (Å²) in [5.41, 5.74) is -1.28. The van der Waals surface area contributed by atoms with E-state index in [9.17, 15) is 9.59 Å². The third kappa shape index (κ3) is 3.23. The van der Waals surface area contributed by atoms with Crippen LogP contribution < -0.4 is 0 Å². The molecule has 0 bridgehead atoms. The van der Waals surface area contributed by atoms with Gasteiger partial charge in [0.25, 0.3) is 5.91 Å². The van der Waals surface area contributed by atoms with E-state index >= 15 is 0 Å². The van der Waals surface area contributed by atoms with Gasteiger partial charge in [0.05, 0.1) is 11.6 Å². The molecule has 142 valence electrons. The van der Waals surface area contributed by atoms with Gasteiger partial charge in [-0.25, -0.2) is 9.69 Å². The minimum atomic E-state index is -1.03. The summed E-state index contributed by atoms with van der Waals surface area (Å²) in [4.78, 5) is 33.2. The Morgan fingerprint density at radius 3 is 2.42 bits per heavy atom. The monoisotopic (exact) mass is 360 g/mol. The van der Waals surface area contributed by atoms with Crippen molar-refractivity contribution in [3.63, 3.8) is 0 Å². The SMILES string of the molecule is CN1O[C@@]2(C[C@H]1c1ccccc1)CC(C)(C)N(C(=O)OC(C)(C)C)C2=O. The standard InChI is InChI=1S/C20H28N2O4/c1-18(2,3)25-17(24)22-16(23)20(13-19(22,4)5)12-15(21(6)26-20)14-10-8-7-9-11-14/h7-11,15H,12-13H2,1-6H3/t15-,20-/m0/s1. The first-order valence-electron chi connectivity index (χ1n) is 9.00. The van der Waals surface area contributed by atoms with Crippen LogP contribution in [0.2, 0.25) is 0 Å². The maximum absolute atomic E-state index is 13.3. The highest BCUT2D eigenvalue weighted by molar-refractivity contribution is 6.00. The molecule has 2 heterocycles. The zero-order chi connectivity index (χ0) is 19.3. The largest absolute Gasteiger partial charge is 0.443 e. The van der Waals surface area contributed by atoms with Crippen LogP contribution in [-0.2, 0) is 14.4 Å². The van der Waals surface area contributed by atoms with Crippen molar-refractivity contribution in [3.8, 4) is 0 Å². The number of nitrogens with zero attached hydrogens (tertiary/aromatic N) is 2. The molecule has 2 fully saturated rings. The first-order chi connectivity index (χ1) is 12.0. The van der Waals surface area contributed by atoms with Crippen molar-refractivity contribution >= 4 is 12.0 Å². The number of rotatable bonds is 1. The molecule has 1 spiro atoms. The number of likely N-dealkylation sites (tertiary alicyclic amines) is 1. The Bertz CT molecular complexity index is 710. The molecule has 6 nitrogen and oxygen atoms in total. The lowest BCUT2D eigenvalue weighted by atomic mass is 9.86. The predicted molar refractivity (Wildman–Crippen MR) is 97.2 cm³/mol. The van der Waals surface area contributed by atoms with Gasteiger partial charge in [0.15, 0.2) is 5.60 Å². The summed E-state index contributed by atoms with van der Waals surface area (Å²) in [6, 6.07) is 9.93. The van der Waals surface area contributed by atoms with E-state index in [2.05, 4.69) is 0 Å². The van der Waals surface area contributed by atoms with Gasteiger partial charge in [-0.1, -0.05) is 30.3 Å². The number of hydroxylamine groups is 2. The maximum Gasteiger partial charge on any atom is 0.417 e. The minimum Gasteiger partial charge on any atom is -0.443 e. The molecule has 2 amide bonds. The van der Waals surface area contributed by atoms with Crippen molar-refractivity contribution in [2.75, 3.05) is 7.05 Å². The molecule has 0 unspecified atom stereocenters. The van der Waals surface area contributed by atoms with Crippen molar-refractivity contribution in [1.82, 2.24) is 9.96 Å². The van der Waals surface area contributed by atoms with Crippen LogP contribution in [0.4, 0.5) is 4.79 Å². The van der Waals surface area contributed by atoms with E-state index < -0.39 is 22.8 Å². The van der Waals surface area contributed by atoms with E-state index in [0.29, 0.717) is 12.8 Å². The van der Waals surface area contributed by atoms with E-state index in [4.69, 9.17) is 9.57 Å². The van der Waals surface area contributed by atoms with E-state index in [1.165, 1.54) is 4.90 Å². The highest BCUT2D eigenvalue weighted by atomic mass is 16.7. The van der Waals surface area contributed by atoms with Gasteiger partial charge in [-0.2, -0.15) is 5.06 Å². The van der Waals surface area contributed by atoms with E-state index in [-0.39, 0.29) is 11.9 Å². The van der Waals surface area contributed by atoms with Gasteiger partial charge < -0.3 is 4.74 Å². The highest BCUT2D eigenvalue weighted by Gasteiger charge is 2.64. The van der Waals surface area contributed by atoms with Crippen LogP contribution >= 0.6 is 0 Å². The lowest BCUT2D eigenvalue weighted by Crippen LogP contribution is -2.49. The van der Waals surface area contributed by atoms with E-state index in [0.717, 1.165) is 5.56 Å². The van der Waals surface area contributed by atoms with Crippen LogP contribution in [0.3, 0.4) is 0 Å². The quantitative estimate of drug-likeness (QED) is 0.765. The van der Waals surface area contributed by atoms with Crippen LogP contribution in [0.5, 0.6) is 0 Å². The Hall–Kier alpha value is -1.92. The molecular formula is C20H28N2O4. The van der Waals surface area contributed by atoms with Gasteiger partial charge >= 0.3 is 6.09 Å². The number of hydrogen-bond acceptors (Lipinski definition) is 5. The third-order valence-electron chi connectivity index (χ3n) is 4.96. The number of carbonyl (C=O) groups is 2. The smallest absolute Gasteiger partial charge is 0.417 e. The third-order valence-corrected chi connectivity index (χ3v) is 4.96. The predicted octanol–water partition coefficient (Wildman–Crippen LogP) is 3.68. The van der Waals surface area contributed by atoms with Crippen LogP contribution in [0.1, 0.15) is 59.1 Å². The number of amides is 2. The molecule has 2 aliphatic heterocycles. The molecule has 0 aromatic heterocycles. The number of benzene rings is 1. The van der Waals surface area contributed by atoms with Crippen LogP contribution in [0.15, 0.2) is 30.3 Å². The first kappa shape index (κ1) is 18.9. The molecule has 0 N–H and O–H groups in total. The summed E-state index contributed by atoms with van der Waals surface area (Å²) in [5.74, 6) is -0.318. The second kappa shape index (κ2) is 6.06. The maximum atomic E-state index is 13.3. The molecule has 1 aromatic rings. The zero-order valence-corrected chi connectivity index (χ0v) is 16.4. The van der Waals surface area contributed by atoms with Gasteiger partial charge in [0.2, 0.25) is 0 Å². The lowest BCUT2D eigenvalue weighted by molar-refractivity contribution is -0.194.